The predicted octanol–water partition coefficient (Wildman–Crippen LogP) is 4.25. The Balaban J connectivity index is 2.10. The maximum atomic E-state index is 13.0. The van der Waals surface area contributed by atoms with Gasteiger partial charge in [0.15, 0.2) is 0 Å². The fraction of sp³-hybridized carbons (Fsp3) is 0.333. The third-order valence-corrected chi connectivity index (χ3v) is 5.04. The van der Waals surface area contributed by atoms with E-state index in [0.29, 0.717) is 12.1 Å². The molecule has 0 aromatic heterocycles. The van der Waals surface area contributed by atoms with Crippen LogP contribution in [0, 0.1) is 5.92 Å². The second-order valence-electron chi connectivity index (χ2n) is 6.52. The summed E-state index contributed by atoms with van der Waals surface area (Å²) in [6.07, 6.45) is 0.803. The molecule has 0 fully saturated rings. The minimum Gasteiger partial charge on any atom is -0.340 e. The van der Waals surface area contributed by atoms with Crippen molar-refractivity contribution in [3.8, 4) is 0 Å². The molecule has 1 N–H and O–H groups in total. The van der Waals surface area contributed by atoms with Crippen molar-refractivity contribution in [1.29, 1.82) is 0 Å². The van der Waals surface area contributed by atoms with Crippen molar-refractivity contribution in [2.75, 3.05) is 7.05 Å². The fourth-order valence-corrected chi connectivity index (χ4v) is 2.94. The van der Waals surface area contributed by atoms with E-state index in [4.69, 9.17) is 0 Å². The molecule has 0 heterocycles. The van der Waals surface area contributed by atoms with Crippen molar-refractivity contribution in [3.05, 3.63) is 70.2 Å². The van der Waals surface area contributed by atoms with Gasteiger partial charge in [-0.25, -0.2) is 0 Å². The number of nitrogens with zero attached hydrogens (tertiary/aromatic N) is 1. The summed E-state index contributed by atoms with van der Waals surface area (Å²) in [7, 11) is 1.77. The summed E-state index contributed by atoms with van der Waals surface area (Å²) in [6, 6.07) is 16.3. The Bertz CT molecular complexity index is 731. The summed E-state index contributed by atoms with van der Waals surface area (Å²) in [5.41, 5.74) is 1.60. The summed E-state index contributed by atoms with van der Waals surface area (Å²) in [4.78, 5) is 27.2. The first kappa shape index (κ1) is 20.2. The average molecular weight is 417 g/mol. The largest absolute Gasteiger partial charge is 0.340 e. The van der Waals surface area contributed by atoms with Crippen molar-refractivity contribution >= 4 is 27.7 Å². The van der Waals surface area contributed by atoms with Crippen molar-refractivity contribution in [2.45, 2.75) is 32.9 Å². The Hall–Kier alpha value is -2.14. The average Bonchev–Trinajstić information content (AvgIpc) is 2.67. The highest BCUT2D eigenvalue weighted by Gasteiger charge is 2.28. The minimum atomic E-state index is -0.548. The number of halogens is 1. The number of nitrogens with one attached hydrogen (secondary N) is 1. The van der Waals surface area contributed by atoms with Crippen LogP contribution in [0.25, 0.3) is 0 Å². The molecule has 26 heavy (non-hydrogen) atoms. The molecular formula is C21H25BrN2O2. The van der Waals surface area contributed by atoms with E-state index in [-0.39, 0.29) is 17.7 Å². The molecule has 0 unspecified atom stereocenters. The highest BCUT2D eigenvalue weighted by atomic mass is 79.9. The first-order chi connectivity index (χ1) is 12.4. The fourth-order valence-electron chi connectivity index (χ4n) is 2.68. The van der Waals surface area contributed by atoms with Gasteiger partial charge in [0, 0.05) is 23.6 Å². The Labute approximate surface area is 163 Å². The second-order valence-corrected chi connectivity index (χ2v) is 7.44. The van der Waals surface area contributed by atoms with Crippen molar-refractivity contribution in [3.63, 3.8) is 0 Å². The van der Waals surface area contributed by atoms with Crippen LogP contribution < -0.4 is 5.32 Å². The van der Waals surface area contributed by atoms with Crippen LogP contribution in [0.1, 0.15) is 36.2 Å². The Morgan fingerprint density at radius 1 is 1.08 bits per heavy atom. The van der Waals surface area contributed by atoms with Crippen molar-refractivity contribution < 1.29 is 9.59 Å². The lowest BCUT2D eigenvalue weighted by molar-refractivity contribution is -0.133. The van der Waals surface area contributed by atoms with Crippen LogP contribution in [-0.2, 0) is 11.3 Å². The molecule has 2 aromatic rings. The van der Waals surface area contributed by atoms with Crippen LogP contribution in [0.3, 0.4) is 0 Å². The number of hydrogen-bond acceptors (Lipinski definition) is 2. The van der Waals surface area contributed by atoms with Gasteiger partial charge in [0.05, 0.1) is 0 Å². The first-order valence-electron chi connectivity index (χ1n) is 8.77. The maximum absolute atomic E-state index is 13.0. The molecule has 0 aliphatic rings. The van der Waals surface area contributed by atoms with Crippen LogP contribution in [0.2, 0.25) is 0 Å². The van der Waals surface area contributed by atoms with E-state index in [2.05, 4.69) is 21.2 Å². The molecule has 0 aliphatic heterocycles. The second kappa shape index (κ2) is 9.53. The molecule has 0 bridgehead atoms. The Kier molecular flexibility index (Phi) is 7.39. The number of likely N-dealkylation sites (N-methyl/N-ethyl adjacent to an activating group) is 1. The molecule has 138 valence electrons. The van der Waals surface area contributed by atoms with Gasteiger partial charge in [-0.05, 0) is 35.7 Å². The molecule has 5 heteroatoms. The maximum Gasteiger partial charge on any atom is 0.251 e. The van der Waals surface area contributed by atoms with Gasteiger partial charge < -0.3 is 10.2 Å². The molecular weight excluding hydrogens is 392 g/mol. The number of rotatable bonds is 7. The standard InChI is InChI=1S/C21H25BrN2O2/c1-4-15(2)19(23-20(25)17-8-6-5-7-9-17)21(26)24(3)14-16-10-12-18(22)13-11-16/h5-13,15,19H,4,14H2,1-3H3,(H,23,25)/t15-,19-/m0/s1. The topological polar surface area (TPSA) is 49.4 Å². The van der Waals surface area contributed by atoms with Gasteiger partial charge in [0.1, 0.15) is 6.04 Å². The van der Waals surface area contributed by atoms with Crippen LogP contribution >= 0.6 is 15.9 Å². The summed E-state index contributed by atoms with van der Waals surface area (Å²) in [5, 5.41) is 2.92. The SMILES string of the molecule is CC[C@H](C)[C@H](NC(=O)c1ccccc1)C(=O)N(C)Cc1ccc(Br)cc1. The Morgan fingerprint density at radius 3 is 2.27 bits per heavy atom. The molecule has 0 saturated carbocycles. The molecule has 2 rings (SSSR count). The lowest BCUT2D eigenvalue weighted by Crippen LogP contribution is -2.50. The van der Waals surface area contributed by atoms with Crippen LogP contribution in [-0.4, -0.2) is 29.8 Å². The van der Waals surface area contributed by atoms with E-state index in [9.17, 15) is 9.59 Å². The zero-order valence-corrected chi connectivity index (χ0v) is 17.0. The lowest BCUT2D eigenvalue weighted by atomic mass is 9.97. The third-order valence-electron chi connectivity index (χ3n) is 4.51. The summed E-state index contributed by atoms with van der Waals surface area (Å²) in [5.74, 6) is -0.254. The van der Waals surface area contributed by atoms with E-state index in [1.54, 1.807) is 24.1 Å². The van der Waals surface area contributed by atoms with Crippen LogP contribution in [0.5, 0.6) is 0 Å². The van der Waals surface area contributed by atoms with E-state index in [0.717, 1.165) is 16.5 Å². The number of amides is 2. The minimum absolute atomic E-state index is 0.0440. The molecule has 0 saturated heterocycles. The van der Waals surface area contributed by atoms with Gasteiger partial charge in [-0.2, -0.15) is 0 Å². The van der Waals surface area contributed by atoms with E-state index in [1.807, 2.05) is 56.3 Å². The summed E-state index contributed by atoms with van der Waals surface area (Å²) < 4.78 is 1.00. The number of hydrogen-bond donors (Lipinski definition) is 1. The van der Waals surface area contributed by atoms with Crippen molar-refractivity contribution in [1.82, 2.24) is 10.2 Å². The molecule has 0 radical (unpaired) electrons. The molecule has 4 nitrogen and oxygen atoms in total. The first-order valence-corrected chi connectivity index (χ1v) is 9.57. The highest BCUT2D eigenvalue weighted by Crippen LogP contribution is 2.15. The molecule has 2 amide bonds. The molecule has 0 aliphatic carbocycles. The van der Waals surface area contributed by atoms with Gasteiger partial charge in [-0.1, -0.05) is 66.5 Å². The van der Waals surface area contributed by atoms with Crippen LogP contribution in [0.15, 0.2) is 59.1 Å². The van der Waals surface area contributed by atoms with Crippen molar-refractivity contribution in [2.24, 2.45) is 5.92 Å². The molecule has 2 aromatic carbocycles. The monoisotopic (exact) mass is 416 g/mol. The smallest absolute Gasteiger partial charge is 0.251 e. The van der Waals surface area contributed by atoms with Gasteiger partial charge in [-0.3, -0.25) is 9.59 Å². The summed E-state index contributed by atoms with van der Waals surface area (Å²) in [6.45, 7) is 4.51. The van der Waals surface area contributed by atoms with E-state index < -0.39 is 6.04 Å². The normalized spacial score (nSPS) is 12.9. The van der Waals surface area contributed by atoms with E-state index >= 15 is 0 Å². The quantitative estimate of drug-likeness (QED) is 0.732. The van der Waals surface area contributed by atoms with Gasteiger partial charge >= 0.3 is 0 Å². The highest BCUT2D eigenvalue weighted by molar-refractivity contribution is 9.10. The zero-order chi connectivity index (χ0) is 19.1. The predicted molar refractivity (Wildman–Crippen MR) is 108 cm³/mol. The molecule has 2 atom stereocenters. The summed E-state index contributed by atoms with van der Waals surface area (Å²) >= 11 is 3.41. The number of carbonyl (C=O) groups is 2. The molecule has 0 spiro atoms. The van der Waals surface area contributed by atoms with Gasteiger partial charge in [0.25, 0.3) is 5.91 Å². The number of benzene rings is 2. The van der Waals surface area contributed by atoms with E-state index in [1.165, 1.54) is 0 Å². The van der Waals surface area contributed by atoms with Crippen LogP contribution in [0.4, 0.5) is 0 Å². The van der Waals surface area contributed by atoms with Gasteiger partial charge in [0.2, 0.25) is 5.91 Å². The number of carbonyl (C=O) groups excluding carboxylic acids is 2. The Morgan fingerprint density at radius 2 is 1.69 bits per heavy atom. The van der Waals surface area contributed by atoms with Gasteiger partial charge in [-0.15, -0.1) is 0 Å². The third kappa shape index (κ3) is 5.43. The lowest BCUT2D eigenvalue weighted by Gasteiger charge is -2.28. The zero-order valence-electron chi connectivity index (χ0n) is 15.4.